The first-order chi connectivity index (χ1) is 7.65. The SMILES string of the molecule is CCC(C)(CC)NCc1ccccc1C#N. The molecule has 1 aromatic rings. The molecule has 16 heavy (non-hydrogen) atoms. The number of benzene rings is 1. The molecular formula is C14H20N2. The highest BCUT2D eigenvalue weighted by Crippen LogP contribution is 2.15. The largest absolute Gasteiger partial charge is 0.307 e. The summed E-state index contributed by atoms with van der Waals surface area (Å²) in [5, 5.41) is 12.5. The van der Waals surface area contributed by atoms with Crippen LogP contribution in [0.1, 0.15) is 44.7 Å². The van der Waals surface area contributed by atoms with Crippen molar-refractivity contribution in [2.24, 2.45) is 0 Å². The first kappa shape index (κ1) is 12.7. The van der Waals surface area contributed by atoms with Crippen molar-refractivity contribution in [1.82, 2.24) is 5.32 Å². The average molecular weight is 216 g/mol. The number of nitrogens with zero attached hydrogens (tertiary/aromatic N) is 1. The topological polar surface area (TPSA) is 35.8 Å². The van der Waals surface area contributed by atoms with Gasteiger partial charge in [-0.2, -0.15) is 5.26 Å². The molecular weight excluding hydrogens is 196 g/mol. The third-order valence-corrected chi connectivity index (χ3v) is 3.40. The highest BCUT2D eigenvalue weighted by Gasteiger charge is 2.18. The van der Waals surface area contributed by atoms with Crippen molar-refractivity contribution < 1.29 is 0 Å². The maximum Gasteiger partial charge on any atom is 0.0995 e. The van der Waals surface area contributed by atoms with Crippen LogP contribution in [0.15, 0.2) is 24.3 Å². The molecule has 86 valence electrons. The Morgan fingerprint density at radius 2 is 1.88 bits per heavy atom. The molecule has 0 atom stereocenters. The number of nitriles is 1. The van der Waals surface area contributed by atoms with Crippen molar-refractivity contribution in [3.8, 4) is 6.07 Å². The van der Waals surface area contributed by atoms with Gasteiger partial charge < -0.3 is 5.32 Å². The lowest BCUT2D eigenvalue weighted by Crippen LogP contribution is -2.40. The van der Waals surface area contributed by atoms with E-state index in [1.54, 1.807) is 0 Å². The molecule has 0 radical (unpaired) electrons. The molecule has 0 bridgehead atoms. The van der Waals surface area contributed by atoms with Crippen molar-refractivity contribution in [2.45, 2.75) is 45.7 Å². The fourth-order valence-electron chi connectivity index (χ4n) is 1.59. The maximum absolute atomic E-state index is 8.98. The summed E-state index contributed by atoms with van der Waals surface area (Å²) in [6.07, 6.45) is 2.19. The summed E-state index contributed by atoms with van der Waals surface area (Å²) in [5.74, 6) is 0. The minimum Gasteiger partial charge on any atom is -0.307 e. The molecule has 0 aromatic heterocycles. The van der Waals surface area contributed by atoms with Crippen molar-refractivity contribution in [3.63, 3.8) is 0 Å². The van der Waals surface area contributed by atoms with Gasteiger partial charge in [0.1, 0.15) is 0 Å². The minimum absolute atomic E-state index is 0.169. The van der Waals surface area contributed by atoms with E-state index >= 15 is 0 Å². The third kappa shape index (κ3) is 3.08. The monoisotopic (exact) mass is 216 g/mol. The highest BCUT2D eigenvalue weighted by molar-refractivity contribution is 5.37. The number of hydrogen-bond donors (Lipinski definition) is 1. The van der Waals surface area contributed by atoms with Crippen LogP contribution >= 0.6 is 0 Å². The normalized spacial score (nSPS) is 11.1. The average Bonchev–Trinajstić information content (AvgIpc) is 2.36. The Bertz CT molecular complexity index is 373. The Morgan fingerprint density at radius 1 is 1.25 bits per heavy atom. The lowest BCUT2D eigenvalue weighted by Gasteiger charge is -2.28. The van der Waals surface area contributed by atoms with Crippen molar-refractivity contribution in [1.29, 1.82) is 5.26 Å². The molecule has 0 aliphatic heterocycles. The Balaban J connectivity index is 2.72. The molecule has 0 unspecified atom stereocenters. The van der Waals surface area contributed by atoms with Crippen LogP contribution in [-0.4, -0.2) is 5.54 Å². The molecule has 2 heteroatoms. The minimum atomic E-state index is 0.169. The fraction of sp³-hybridized carbons (Fsp3) is 0.500. The van der Waals surface area contributed by atoms with E-state index in [0.29, 0.717) is 0 Å². The van der Waals surface area contributed by atoms with Gasteiger partial charge in [0.25, 0.3) is 0 Å². The molecule has 0 aliphatic rings. The van der Waals surface area contributed by atoms with E-state index < -0.39 is 0 Å². The van der Waals surface area contributed by atoms with E-state index in [1.807, 2.05) is 24.3 Å². The van der Waals surface area contributed by atoms with Gasteiger partial charge in [-0.3, -0.25) is 0 Å². The van der Waals surface area contributed by atoms with E-state index in [1.165, 1.54) is 0 Å². The van der Waals surface area contributed by atoms with Gasteiger partial charge in [0, 0.05) is 12.1 Å². The maximum atomic E-state index is 8.98. The van der Waals surface area contributed by atoms with Crippen LogP contribution in [0.2, 0.25) is 0 Å². The van der Waals surface area contributed by atoms with Gasteiger partial charge in [0.15, 0.2) is 0 Å². The molecule has 0 spiro atoms. The zero-order chi connectivity index (χ0) is 12.0. The van der Waals surface area contributed by atoms with Crippen LogP contribution in [0.5, 0.6) is 0 Å². The highest BCUT2D eigenvalue weighted by atomic mass is 15.0. The number of nitrogens with one attached hydrogen (secondary N) is 1. The lowest BCUT2D eigenvalue weighted by molar-refractivity contribution is 0.329. The summed E-state index contributed by atoms with van der Waals surface area (Å²) in [7, 11) is 0. The Hall–Kier alpha value is -1.33. The summed E-state index contributed by atoms with van der Waals surface area (Å²) < 4.78 is 0. The van der Waals surface area contributed by atoms with Crippen LogP contribution in [0.3, 0.4) is 0 Å². The summed E-state index contributed by atoms with van der Waals surface area (Å²) >= 11 is 0. The Labute approximate surface area is 98.3 Å². The molecule has 0 saturated heterocycles. The van der Waals surface area contributed by atoms with Gasteiger partial charge in [0.2, 0.25) is 0 Å². The number of hydrogen-bond acceptors (Lipinski definition) is 2. The molecule has 0 saturated carbocycles. The van der Waals surface area contributed by atoms with Gasteiger partial charge in [-0.15, -0.1) is 0 Å². The first-order valence-electron chi connectivity index (χ1n) is 5.88. The van der Waals surface area contributed by atoms with Crippen molar-refractivity contribution >= 4 is 0 Å². The Kier molecular flexibility index (Phi) is 4.52. The van der Waals surface area contributed by atoms with Gasteiger partial charge in [-0.1, -0.05) is 32.0 Å². The predicted molar refractivity (Wildman–Crippen MR) is 67.0 cm³/mol. The Morgan fingerprint density at radius 3 is 2.44 bits per heavy atom. The first-order valence-corrected chi connectivity index (χ1v) is 5.88. The smallest absolute Gasteiger partial charge is 0.0995 e. The second-order valence-corrected chi connectivity index (χ2v) is 4.39. The van der Waals surface area contributed by atoms with Crippen LogP contribution in [0.25, 0.3) is 0 Å². The molecule has 0 aliphatic carbocycles. The van der Waals surface area contributed by atoms with E-state index in [4.69, 9.17) is 5.26 Å². The molecule has 0 heterocycles. The molecule has 1 aromatic carbocycles. The fourth-order valence-corrected chi connectivity index (χ4v) is 1.59. The van der Waals surface area contributed by atoms with E-state index in [2.05, 4.69) is 32.2 Å². The van der Waals surface area contributed by atoms with Gasteiger partial charge >= 0.3 is 0 Å². The molecule has 0 amide bonds. The van der Waals surface area contributed by atoms with Gasteiger partial charge in [0.05, 0.1) is 11.6 Å². The van der Waals surface area contributed by atoms with Crippen molar-refractivity contribution in [3.05, 3.63) is 35.4 Å². The standard InChI is InChI=1S/C14H20N2/c1-4-14(3,5-2)16-11-13-9-7-6-8-12(13)10-15/h6-9,16H,4-5,11H2,1-3H3. The second-order valence-electron chi connectivity index (χ2n) is 4.39. The van der Waals surface area contributed by atoms with Crippen LogP contribution < -0.4 is 5.32 Å². The molecule has 1 rings (SSSR count). The van der Waals surface area contributed by atoms with E-state index in [0.717, 1.165) is 30.5 Å². The molecule has 2 nitrogen and oxygen atoms in total. The number of rotatable bonds is 5. The van der Waals surface area contributed by atoms with Crippen LogP contribution in [-0.2, 0) is 6.54 Å². The summed E-state index contributed by atoms with van der Waals surface area (Å²) in [6, 6.07) is 9.99. The zero-order valence-corrected chi connectivity index (χ0v) is 10.4. The van der Waals surface area contributed by atoms with Gasteiger partial charge in [-0.25, -0.2) is 0 Å². The zero-order valence-electron chi connectivity index (χ0n) is 10.4. The molecule has 1 N–H and O–H groups in total. The van der Waals surface area contributed by atoms with E-state index in [9.17, 15) is 0 Å². The molecule has 0 fully saturated rings. The predicted octanol–water partition coefficient (Wildman–Crippen LogP) is 3.23. The van der Waals surface area contributed by atoms with Crippen molar-refractivity contribution in [2.75, 3.05) is 0 Å². The second kappa shape index (κ2) is 5.67. The van der Waals surface area contributed by atoms with Crippen LogP contribution in [0.4, 0.5) is 0 Å². The summed E-state index contributed by atoms with van der Waals surface area (Å²) in [5.41, 5.74) is 2.02. The quantitative estimate of drug-likeness (QED) is 0.820. The third-order valence-electron chi connectivity index (χ3n) is 3.40. The van der Waals surface area contributed by atoms with Crippen LogP contribution in [0, 0.1) is 11.3 Å². The van der Waals surface area contributed by atoms with E-state index in [-0.39, 0.29) is 5.54 Å². The summed E-state index contributed by atoms with van der Waals surface area (Å²) in [6.45, 7) is 7.36. The van der Waals surface area contributed by atoms with Gasteiger partial charge in [-0.05, 0) is 31.4 Å². The lowest BCUT2D eigenvalue weighted by atomic mass is 9.95. The summed E-state index contributed by atoms with van der Waals surface area (Å²) in [4.78, 5) is 0.